The lowest BCUT2D eigenvalue weighted by molar-refractivity contribution is 0.425. The second-order valence-corrected chi connectivity index (χ2v) is 7.46. The summed E-state index contributed by atoms with van der Waals surface area (Å²) in [7, 11) is 0. The van der Waals surface area contributed by atoms with Gasteiger partial charge in [-0.05, 0) is 27.7 Å². The molecule has 0 aliphatic rings. The molecule has 0 unspecified atom stereocenters. The number of rotatable bonds is 2. The van der Waals surface area contributed by atoms with E-state index in [1.54, 1.807) is 0 Å². The summed E-state index contributed by atoms with van der Waals surface area (Å²) in [6.45, 7) is 16.2. The summed E-state index contributed by atoms with van der Waals surface area (Å²) in [6, 6.07) is 0. The molecule has 16 heavy (non-hydrogen) atoms. The summed E-state index contributed by atoms with van der Waals surface area (Å²) in [4.78, 5) is 6.02. The number of nitrogens with zero attached hydrogens (tertiary/aromatic N) is 1. The van der Waals surface area contributed by atoms with Crippen molar-refractivity contribution in [3.8, 4) is 0 Å². The quantitative estimate of drug-likeness (QED) is 0.853. The van der Waals surface area contributed by atoms with Crippen LogP contribution >= 0.6 is 11.3 Å². The molecule has 1 aromatic rings. The van der Waals surface area contributed by atoms with Crippen molar-refractivity contribution in [3.05, 3.63) is 15.6 Å². The monoisotopic (exact) mass is 240 g/mol. The molecule has 3 heteroatoms. The predicted octanol–water partition coefficient (Wildman–Crippen LogP) is 3.64. The Bertz CT molecular complexity index is 353. The van der Waals surface area contributed by atoms with E-state index in [9.17, 15) is 0 Å². The van der Waals surface area contributed by atoms with Gasteiger partial charge in [0.25, 0.3) is 0 Å². The van der Waals surface area contributed by atoms with Crippen LogP contribution < -0.4 is 5.32 Å². The van der Waals surface area contributed by atoms with Crippen LogP contribution in [0.3, 0.4) is 0 Å². The number of hydrogen-bond donors (Lipinski definition) is 1. The number of aromatic nitrogens is 1. The van der Waals surface area contributed by atoms with Crippen LogP contribution in [0.5, 0.6) is 0 Å². The van der Waals surface area contributed by atoms with Crippen molar-refractivity contribution in [1.29, 1.82) is 0 Å². The van der Waals surface area contributed by atoms with Crippen LogP contribution in [0, 0.1) is 6.92 Å². The lowest BCUT2D eigenvalue weighted by Gasteiger charge is -2.20. The highest BCUT2D eigenvalue weighted by Gasteiger charge is 2.20. The lowest BCUT2D eigenvalue weighted by atomic mass is 9.98. The van der Waals surface area contributed by atoms with E-state index in [2.05, 4.69) is 58.8 Å². The van der Waals surface area contributed by atoms with Crippen LogP contribution in [0.2, 0.25) is 0 Å². The van der Waals surface area contributed by atoms with Crippen molar-refractivity contribution < 1.29 is 0 Å². The van der Waals surface area contributed by atoms with Crippen LogP contribution in [0.4, 0.5) is 0 Å². The van der Waals surface area contributed by atoms with Gasteiger partial charge >= 0.3 is 0 Å². The third-order valence-corrected chi connectivity index (χ3v) is 3.90. The van der Waals surface area contributed by atoms with E-state index < -0.39 is 0 Å². The maximum atomic E-state index is 4.66. The summed E-state index contributed by atoms with van der Waals surface area (Å²) in [5, 5.41) is 4.75. The topological polar surface area (TPSA) is 24.9 Å². The highest BCUT2D eigenvalue weighted by molar-refractivity contribution is 7.11. The van der Waals surface area contributed by atoms with E-state index in [1.165, 1.54) is 15.6 Å². The minimum Gasteiger partial charge on any atom is -0.307 e. The zero-order valence-corrected chi connectivity index (χ0v) is 12.4. The van der Waals surface area contributed by atoms with Crippen LogP contribution in [0.15, 0.2) is 0 Å². The maximum Gasteiger partial charge on any atom is 0.0984 e. The first-order chi connectivity index (χ1) is 7.09. The van der Waals surface area contributed by atoms with Gasteiger partial charge in [-0.3, -0.25) is 0 Å². The Morgan fingerprint density at radius 1 is 1.12 bits per heavy atom. The Kier molecular flexibility index (Phi) is 3.80. The molecule has 0 radical (unpaired) electrons. The Hall–Kier alpha value is -0.410. The minimum atomic E-state index is 0.162. The van der Waals surface area contributed by atoms with Gasteiger partial charge < -0.3 is 5.32 Å². The molecule has 0 aromatic carbocycles. The van der Waals surface area contributed by atoms with Gasteiger partial charge in [0.05, 0.1) is 10.7 Å². The summed E-state index contributed by atoms with van der Waals surface area (Å²) >= 11 is 1.83. The average Bonchev–Trinajstić information content (AvgIpc) is 2.41. The van der Waals surface area contributed by atoms with Crippen LogP contribution in [-0.4, -0.2) is 10.5 Å². The Morgan fingerprint density at radius 3 is 2.06 bits per heavy atom. The zero-order valence-electron chi connectivity index (χ0n) is 11.6. The number of aryl methyl sites for hydroxylation is 1. The van der Waals surface area contributed by atoms with Crippen molar-refractivity contribution in [2.45, 2.75) is 66.0 Å². The highest BCUT2D eigenvalue weighted by atomic mass is 32.1. The van der Waals surface area contributed by atoms with Crippen molar-refractivity contribution in [2.24, 2.45) is 0 Å². The second-order valence-electron chi connectivity index (χ2n) is 6.38. The fourth-order valence-electron chi connectivity index (χ4n) is 1.26. The molecule has 0 atom stereocenters. The van der Waals surface area contributed by atoms with Crippen molar-refractivity contribution in [1.82, 2.24) is 10.3 Å². The highest BCUT2D eigenvalue weighted by Crippen LogP contribution is 2.29. The number of thiazole rings is 1. The van der Waals surface area contributed by atoms with Crippen molar-refractivity contribution >= 4 is 11.3 Å². The smallest absolute Gasteiger partial charge is 0.0984 e. The molecule has 0 saturated carbocycles. The number of nitrogens with one attached hydrogen (secondary N) is 1. The molecule has 0 aliphatic heterocycles. The summed E-state index contributed by atoms with van der Waals surface area (Å²) < 4.78 is 0. The van der Waals surface area contributed by atoms with E-state index in [1.807, 2.05) is 11.3 Å². The van der Waals surface area contributed by atoms with Crippen molar-refractivity contribution in [2.75, 3.05) is 0 Å². The number of hydrogen-bond acceptors (Lipinski definition) is 3. The second kappa shape index (κ2) is 4.46. The Morgan fingerprint density at radius 2 is 1.69 bits per heavy atom. The Labute approximate surface area is 103 Å². The first-order valence-electron chi connectivity index (χ1n) is 5.81. The fourth-order valence-corrected chi connectivity index (χ4v) is 2.32. The average molecular weight is 240 g/mol. The van der Waals surface area contributed by atoms with Gasteiger partial charge in [0.2, 0.25) is 0 Å². The van der Waals surface area contributed by atoms with Gasteiger partial charge in [0.15, 0.2) is 0 Å². The molecule has 1 heterocycles. The molecule has 0 spiro atoms. The molecular weight excluding hydrogens is 216 g/mol. The largest absolute Gasteiger partial charge is 0.307 e. The molecule has 0 aliphatic carbocycles. The molecule has 1 N–H and O–H groups in total. The molecule has 2 nitrogen and oxygen atoms in total. The van der Waals surface area contributed by atoms with Crippen LogP contribution in [0.25, 0.3) is 0 Å². The van der Waals surface area contributed by atoms with Gasteiger partial charge in [-0.2, -0.15) is 0 Å². The first-order valence-corrected chi connectivity index (χ1v) is 6.63. The van der Waals surface area contributed by atoms with E-state index >= 15 is 0 Å². The molecule has 0 fully saturated rings. The van der Waals surface area contributed by atoms with Crippen LogP contribution in [0.1, 0.15) is 57.1 Å². The summed E-state index contributed by atoms with van der Waals surface area (Å²) in [6.07, 6.45) is 0. The van der Waals surface area contributed by atoms with Gasteiger partial charge in [0, 0.05) is 22.4 Å². The van der Waals surface area contributed by atoms with E-state index in [0.717, 1.165) is 6.54 Å². The molecule has 92 valence electrons. The third kappa shape index (κ3) is 3.87. The lowest BCUT2D eigenvalue weighted by Crippen LogP contribution is -2.34. The predicted molar refractivity (Wildman–Crippen MR) is 72.1 cm³/mol. The van der Waals surface area contributed by atoms with E-state index in [4.69, 9.17) is 0 Å². The van der Waals surface area contributed by atoms with E-state index in [-0.39, 0.29) is 11.0 Å². The minimum absolute atomic E-state index is 0.162. The summed E-state index contributed by atoms with van der Waals surface area (Å²) in [5.41, 5.74) is 1.50. The van der Waals surface area contributed by atoms with Gasteiger partial charge in [-0.15, -0.1) is 11.3 Å². The van der Waals surface area contributed by atoms with Gasteiger partial charge in [-0.1, -0.05) is 20.8 Å². The fraction of sp³-hybridized carbons (Fsp3) is 0.769. The molecule has 0 saturated heterocycles. The molecule has 1 aromatic heterocycles. The standard InChI is InChI=1S/C13H24N2S/c1-9-10(8-14-13(5,6)7)16-11(15-9)12(2,3)4/h14H,8H2,1-7H3. The maximum absolute atomic E-state index is 4.66. The Balaban J connectivity index is 2.79. The van der Waals surface area contributed by atoms with E-state index in [0.29, 0.717) is 0 Å². The SMILES string of the molecule is Cc1nc(C(C)(C)C)sc1CNC(C)(C)C. The van der Waals surface area contributed by atoms with Gasteiger partial charge in [-0.25, -0.2) is 4.98 Å². The van der Waals surface area contributed by atoms with Crippen molar-refractivity contribution in [3.63, 3.8) is 0 Å². The molecular formula is C13H24N2S. The molecule has 0 amide bonds. The zero-order chi connectivity index (χ0) is 12.6. The summed E-state index contributed by atoms with van der Waals surface area (Å²) in [5.74, 6) is 0. The molecule has 1 rings (SSSR count). The van der Waals surface area contributed by atoms with Crippen LogP contribution in [-0.2, 0) is 12.0 Å². The normalized spacial score (nSPS) is 13.2. The molecule has 0 bridgehead atoms. The van der Waals surface area contributed by atoms with Gasteiger partial charge in [0.1, 0.15) is 0 Å². The first kappa shape index (κ1) is 13.7. The third-order valence-electron chi connectivity index (χ3n) is 2.31.